The van der Waals surface area contributed by atoms with Crippen molar-refractivity contribution in [3.8, 4) is 0 Å². The van der Waals surface area contributed by atoms with Crippen molar-refractivity contribution in [1.82, 2.24) is 10.2 Å². The summed E-state index contributed by atoms with van der Waals surface area (Å²) >= 11 is 0. The smallest absolute Gasteiger partial charge is 0.00952 e. The van der Waals surface area contributed by atoms with E-state index in [-0.39, 0.29) is 0 Å². The van der Waals surface area contributed by atoms with Gasteiger partial charge < -0.3 is 10.2 Å². The van der Waals surface area contributed by atoms with Crippen LogP contribution in [-0.4, -0.2) is 36.1 Å². The summed E-state index contributed by atoms with van der Waals surface area (Å²) in [6, 6.07) is 2.18. The third-order valence-corrected chi connectivity index (χ3v) is 4.93. The average Bonchev–Trinajstić information content (AvgIpc) is 2.79. The van der Waals surface area contributed by atoms with E-state index in [9.17, 15) is 0 Å². The maximum Gasteiger partial charge on any atom is 0.00952 e. The molecule has 1 aliphatic heterocycles. The van der Waals surface area contributed by atoms with Crippen LogP contribution >= 0.6 is 0 Å². The summed E-state index contributed by atoms with van der Waals surface area (Å²) < 4.78 is 0. The number of hydrogen-bond donors (Lipinski definition) is 1. The highest BCUT2D eigenvalue weighted by molar-refractivity contribution is 4.83. The summed E-state index contributed by atoms with van der Waals surface area (Å²) in [7, 11) is 0. The van der Waals surface area contributed by atoms with E-state index in [1.165, 1.54) is 51.6 Å². The van der Waals surface area contributed by atoms with Crippen LogP contribution in [0.2, 0.25) is 0 Å². The standard InChI is InChI=1S/C15H30N2/c1-12-8-10-17(11-9-13(2)16-12)14(3)15-6-4-5-7-15/h12-16H,4-11H2,1-3H3. The van der Waals surface area contributed by atoms with Crippen LogP contribution in [0, 0.1) is 5.92 Å². The third kappa shape index (κ3) is 3.69. The van der Waals surface area contributed by atoms with E-state index < -0.39 is 0 Å². The molecule has 0 bridgehead atoms. The number of hydrogen-bond acceptors (Lipinski definition) is 2. The van der Waals surface area contributed by atoms with Gasteiger partial charge in [0, 0.05) is 18.1 Å². The summed E-state index contributed by atoms with van der Waals surface area (Å²) in [4.78, 5) is 2.77. The highest BCUT2D eigenvalue weighted by atomic mass is 15.2. The lowest BCUT2D eigenvalue weighted by Crippen LogP contribution is -2.47. The second-order valence-corrected chi connectivity index (χ2v) is 6.37. The molecule has 1 heterocycles. The molecule has 100 valence electrons. The van der Waals surface area contributed by atoms with E-state index in [4.69, 9.17) is 0 Å². The minimum Gasteiger partial charge on any atom is -0.312 e. The number of nitrogens with zero attached hydrogens (tertiary/aromatic N) is 1. The maximum atomic E-state index is 3.68. The van der Waals surface area contributed by atoms with Crippen molar-refractivity contribution in [2.45, 2.75) is 77.4 Å². The van der Waals surface area contributed by atoms with Crippen molar-refractivity contribution in [2.24, 2.45) is 5.92 Å². The Kier molecular flexibility index (Phi) is 4.87. The molecule has 0 spiro atoms. The molecule has 3 atom stereocenters. The van der Waals surface area contributed by atoms with Crippen LogP contribution in [-0.2, 0) is 0 Å². The molecular weight excluding hydrogens is 208 g/mol. The lowest BCUT2D eigenvalue weighted by molar-refractivity contribution is 0.131. The van der Waals surface area contributed by atoms with E-state index in [0.29, 0.717) is 12.1 Å². The van der Waals surface area contributed by atoms with E-state index in [0.717, 1.165) is 12.0 Å². The van der Waals surface area contributed by atoms with Gasteiger partial charge in [0.15, 0.2) is 0 Å². The van der Waals surface area contributed by atoms with Gasteiger partial charge >= 0.3 is 0 Å². The van der Waals surface area contributed by atoms with E-state index in [1.54, 1.807) is 0 Å². The first kappa shape index (κ1) is 13.4. The van der Waals surface area contributed by atoms with Gasteiger partial charge in [-0.1, -0.05) is 12.8 Å². The van der Waals surface area contributed by atoms with Gasteiger partial charge in [-0.25, -0.2) is 0 Å². The highest BCUT2D eigenvalue weighted by Gasteiger charge is 2.27. The summed E-state index contributed by atoms with van der Waals surface area (Å²) in [6.07, 6.45) is 8.50. The van der Waals surface area contributed by atoms with E-state index in [1.807, 2.05) is 0 Å². The van der Waals surface area contributed by atoms with Gasteiger partial charge in [-0.15, -0.1) is 0 Å². The molecule has 2 fully saturated rings. The van der Waals surface area contributed by atoms with Gasteiger partial charge in [-0.2, -0.15) is 0 Å². The van der Waals surface area contributed by atoms with Crippen LogP contribution < -0.4 is 5.32 Å². The summed E-state index contributed by atoms with van der Waals surface area (Å²) in [5, 5.41) is 3.68. The molecule has 1 saturated heterocycles. The zero-order valence-electron chi connectivity index (χ0n) is 11.9. The van der Waals surface area contributed by atoms with Crippen molar-refractivity contribution in [3.63, 3.8) is 0 Å². The number of nitrogens with one attached hydrogen (secondary N) is 1. The van der Waals surface area contributed by atoms with Crippen LogP contribution in [0.15, 0.2) is 0 Å². The fourth-order valence-electron chi connectivity index (χ4n) is 3.63. The summed E-state index contributed by atoms with van der Waals surface area (Å²) in [5.41, 5.74) is 0. The van der Waals surface area contributed by atoms with Crippen molar-refractivity contribution in [3.05, 3.63) is 0 Å². The van der Waals surface area contributed by atoms with Crippen LogP contribution in [0.4, 0.5) is 0 Å². The van der Waals surface area contributed by atoms with Crippen molar-refractivity contribution < 1.29 is 0 Å². The van der Waals surface area contributed by atoms with Gasteiger partial charge in [0.25, 0.3) is 0 Å². The molecule has 17 heavy (non-hydrogen) atoms. The Hall–Kier alpha value is -0.0800. The molecule has 1 aliphatic carbocycles. The molecule has 0 aromatic heterocycles. The van der Waals surface area contributed by atoms with Crippen LogP contribution in [0.3, 0.4) is 0 Å². The minimum atomic E-state index is 0.684. The molecule has 2 nitrogen and oxygen atoms in total. The molecule has 0 radical (unpaired) electrons. The predicted molar refractivity (Wildman–Crippen MR) is 74.3 cm³/mol. The maximum absolute atomic E-state index is 3.68. The average molecular weight is 238 g/mol. The lowest BCUT2D eigenvalue weighted by atomic mass is 9.96. The Bertz CT molecular complexity index is 211. The topological polar surface area (TPSA) is 15.3 Å². The molecule has 2 rings (SSSR count). The van der Waals surface area contributed by atoms with Crippen LogP contribution in [0.1, 0.15) is 59.3 Å². The normalized spacial score (nSPS) is 35.5. The fourth-order valence-corrected chi connectivity index (χ4v) is 3.63. The molecule has 0 aromatic rings. The molecular formula is C15H30N2. The van der Waals surface area contributed by atoms with Crippen molar-refractivity contribution in [2.75, 3.05) is 13.1 Å². The van der Waals surface area contributed by atoms with Crippen molar-refractivity contribution in [1.29, 1.82) is 0 Å². The first-order valence-electron chi connectivity index (χ1n) is 7.67. The van der Waals surface area contributed by atoms with Gasteiger partial charge in [0.05, 0.1) is 0 Å². The Morgan fingerprint density at radius 2 is 1.47 bits per heavy atom. The third-order valence-electron chi connectivity index (χ3n) is 4.93. The highest BCUT2D eigenvalue weighted by Crippen LogP contribution is 2.30. The van der Waals surface area contributed by atoms with Gasteiger partial charge in [0.1, 0.15) is 0 Å². The molecule has 0 amide bonds. The lowest BCUT2D eigenvalue weighted by Gasteiger charge is -2.37. The van der Waals surface area contributed by atoms with Crippen LogP contribution in [0.25, 0.3) is 0 Å². The van der Waals surface area contributed by atoms with Gasteiger partial charge in [-0.3, -0.25) is 0 Å². The monoisotopic (exact) mass is 238 g/mol. The first-order chi connectivity index (χ1) is 8.16. The Balaban J connectivity index is 1.89. The van der Waals surface area contributed by atoms with Crippen LogP contribution in [0.5, 0.6) is 0 Å². The zero-order chi connectivity index (χ0) is 12.3. The second-order valence-electron chi connectivity index (χ2n) is 6.37. The Labute approximate surface area is 107 Å². The minimum absolute atomic E-state index is 0.684. The van der Waals surface area contributed by atoms with Crippen molar-refractivity contribution >= 4 is 0 Å². The van der Waals surface area contributed by atoms with Gasteiger partial charge in [-0.05, 0) is 65.5 Å². The zero-order valence-corrected chi connectivity index (χ0v) is 11.9. The fraction of sp³-hybridized carbons (Fsp3) is 1.00. The SMILES string of the molecule is CC1CCN(C(C)C2CCCC2)CCC(C)N1. The molecule has 2 aliphatic rings. The molecule has 1 N–H and O–H groups in total. The largest absolute Gasteiger partial charge is 0.312 e. The Morgan fingerprint density at radius 1 is 0.941 bits per heavy atom. The molecule has 0 aromatic carbocycles. The summed E-state index contributed by atoms with van der Waals surface area (Å²) in [5.74, 6) is 0.980. The molecule has 2 heteroatoms. The quantitative estimate of drug-likeness (QED) is 0.795. The first-order valence-corrected chi connectivity index (χ1v) is 7.67. The van der Waals surface area contributed by atoms with E-state index >= 15 is 0 Å². The Morgan fingerprint density at radius 3 is 2.00 bits per heavy atom. The predicted octanol–water partition coefficient (Wildman–Crippen LogP) is 3.03. The molecule has 1 saturated carbocycles. The van der Waals surface area contributed by atoms with Gasteiger partial charge in [0.2, 0.25) is 0 Å². The second kappa shape index (κ2) is 6.19. The van der Waals surface area contributed by atoms with E-state index in [2.05, 4.69) is 31.0 Å². The molecule has 3 unspecified atom stereocenters. The summed E-state index contributed by atoms with van der Waals surface area (Å²) in [6.45, 7) is 9.72. The number of rotatable bonds is 2.